The molecule has 0 spiro atoms. The summed E-state index contributed by atoms with van der Waals surface area (Å²) in [5, 5.41) is 0. The molecule has 2 atom stereocenters. The molecular formula is C15H20N4O. The van der Waals surface area contributed by atoms with Gasteiger partial charge >= 0.3 is 0 Å². The van der Waals surface area contributed by atoms with E-state index in [4.69, 9.17) is 10.6 Å². The van der Waals surface area contributed by atoms with E-state index in [2.05, 4.69) is 28.0 Å². The number of nitrogens with two attached hydrogens (primary N) is 1. The van der Waals surface area contributed by atoms with Crippen LogP contribution in [0.3, 0.4) is 0 Å². The van der Waals surface area contributed by atoms with E-state index in [1.165, 1.54) is 5.56 Å². The molecule has 1 aliphatic heterocycles. The molecule has 0 fully saturated rings. The molecule has 2 heterocycles. The van der Waals surface area contributed by atoms with Gasteiger partial charge in [-0.05, 0) is 25.0 Å². The molecule has 1 aliphatic rings. The minimum Gasteiger partial charge on any atom is -0.493 e. The molecule has 0 radical (unpaired) electrons. The topological polar surface area (TPSA) is 65.1 Å². The van der Waals surface area contributed by atoms with Crippen molar-refractivity contribution in [2.75, 3.05) is 6.61 Å². The lowest BCUT2D eigenvalue weighted by Crippen LogP contribution is -2.36. The molecule has 5 heteroatoms. The third-order valence-corrected chi connectivity index (χ3v) is 3.95. The first-order valence-corrected chi connectivity index (χ1v) is 7.04. The van der Waals surface area contributed by atoms with Gasteiger partial charge in [-0.15, -0.1) is 0 Å². The van der Waals surface area contributed by atoms with Gasteiger partial charge in [-0.3, -0.25) is 5.84 Å². The van der Waals surface area contributed by atoms with E-state index in [1.54, 1.807) is 0 Å². The molecule has 0 amide bonds. The zero-order chi connectivity index (χ0) is 13.9. The highest BCUT2D eigenvalue weighted by Gasteiger charge is 2.31. The Morgan fingerprint density at radius 1 is 1.50 bits per heavy atom. The van der Waals surface area contributed by atoms with Gasteiger partial charge < -0.3 is 9.30 Å². The first kappa shape index (κ1) is 13.1. The molecule has 1 aromatic heterocycles. The highest BCUT2D eigenvalue weighted by Crippen LogP contribution is 2.40. The van der Waals surface area contributed by atoms with E-state index >= 15 is 0 Å². The zero-order valence-electron chi connectivity index (χ0n) is 11.6. The number of imidazole rings is 1. The number of aryl methyl sites for hydroxylation is 1. The molecule has 2 aromatic rings. The number of benzene rings is 1. The van der Waals surface area contributed by atoms with Gasteiger partial charge in [-0.25, -0.2) is 10.4 Å². The molecule has 3 rings (SSSR count). The predicted octanol–water partition coefficient (Wildman–Crippen LogP) is 1.97. The Hall–Kier alpha value is -1.85. The summed E-state index contributed by atoms with van der Waals surface area (Å²) >= 11 is 0. The molecule has 0 saturated carbocycles. The van der Waals surface area contributed by atoms with E-state index in [9.17, 15) is 0 Å². The van der Waals surface area contributed by atoms with Gasteiger partial charge in [0.05, 0.1) is 12.6 Å². The van der Waals surface area contributed by atoms with Gasteiger partial charge in [0.25, 0.3) is 0 Å². The van der Waals surface area contributed by atoms with E-state index in [0.717, 1.165) is 24.5 Å². The summed E-state index contributed by atoms with van der Waals surface area (Å²) in [5.74, 6) is 8.05. The highest BCUT2D eigenvalue weighted by molar-refractivity contribution is 5.39. The van der Waals surface area contributed by atoms with E-state index in [0.29, 0.717) is 6.61 Å². The Morgan fingerprint density at radius 2 is 2.35 bits per heavy atom. The Bertz CT molecular complexity index is 581. The second-order valence-corrected chi connectivity index (χ2v) is 5.00. The number of nitrogens with zero attached hydrogens (tertiary/aromatic N) is 2. The molecule has 20 heavy (non-hydrogen) atoms. The van der Waals surface area contributed by atoms with Gasteiger partial charge in [0.2, 0.25) is 0 Å². The largest absolute Gasteiger partial charge is 0.493 e. The molecule has 1 aromatic carbocycles. The Balaban J connectivity index is 1.99. The van der Waals surface area contributed by atoms with Crippen LogP contribution in [0, 0.1) is 0 Å². The maximum atomic E-state index is 5.83. The van der Waals surface area contributed by atoms with Gasteiger partial charge in [0, 0.05) is 24.9 Å². The second kappa shape index (κ2) is 5.64. The quantitative estimate of drug-likeness (QED) is 0.660. The summed E-state index contributed by atoms with van der Waals surface area (Å²) in [6, 6.07) is 8.17. The Labute approximate surface area is 118 Å². The van der Waals surface area contributed by atoms with Crippen LogP contribution in [0.1, 0.15) is 36.7 Å². The summed E-state index contributed by atoms with van der Waals surface area (Å²) in [5.41, 5.74) is 4.15. The van der Waals surface area contributed by atoms with E-state index < -0.39 is 0 Å². The molecule has 2 unspecified atom stereocenters. The summed E-state index contributed by atoms with van der Waals surface area (Å²) in [6.07, 6.45) is 4.75. The van der Waals surface area contributed by atoms with Crippen molar-refractivity contribution in [3.8, 4) is 5.75 Å². The van der Waals surface area contributed by atoms with Crippen molar-refractivity contribution in [1.29, 1.82) is 0 Å². The summed E-state index contributed by atoms with van der Waals surface area (Å²) in [4.78, 5) is 4.49. The number of fused-ring (bicyclic) bond motifs is 1. The maximum absolute atomic E-state index is 5.83. The number of para-hydroxylation sites is 1. The van der Waals surface area contributed by atoms with Crippen molar-refractivity contribution in [1.82, 2.24) is 15.0 Å². The van der Waals surface area contributed by atoms with E-state index in [1.807, 2.05) is 30.6 Å². The fraction of sp³-hybridized carbons (Fsp3) is 0.400. The van der Waals surface area contributed by atoms with Crippen LogP contribution in [-0.4, -0.2) is 16.2 Å². The lowest BCUT2D eigenvalue weighted by Gasteiger charge is -2.31. The number of hydrazine groups is 1. The predicted molar refractivity (Wildman–Crippen MR) is 77.3 cm³/mol. The Morgan fingerprint density at radius 3 is 3.15 bits per heavy atom. The lowest BCUT2D eigenvalue weighted by atomic mass is 9.86. The van der Waals surface area contributed by atoms with Crippen LogP contribution < -0.4 is 16.0 Å². The smallest absolute Gasteiger partial charge is 0.127 e. The number of rotatable bonds is 4. The van der Waals surface area contributed by atoms with Crippen LogP contribution in [0.25, 0.3) is 0 Å². The number of hydrogen-bond donors (Lipinski definition) is 2. The summed E-state index contributed by atoms with van der Waals surface area (Å²) < 4.78 is 7.85. The molecule has 0 bridgehead atoms. The number of hydrogen-bond acceptors (Lipinski definition) is 4. The minimum atomic E-state index is -0.00463. The standard InChI is InChI=1S/C15H20N4O/c1-2-19-9-8-17-15(19)14(18-16)12-7-10-20-13-6-4-3-5-11(12)13/h3-6,8-9,12,14,18H,2,7,10,16H2,1H3. The van der Waals surface area contributed by atoms with E-state index in [-0.39, 0.29) is 12.0 Å². The average molecular weight is 272 g/mol. The number of aromatic nitrogens is 2. The van der Waals surface area contributed by atoms with Crippen LogP contribution in [-0.2, 0) is 6.54 Å². The summed E-state index contributed by atoms with van der Waals surface area (Å²) in [7, 11) is 0. The van der Waals surface area contributed by atoms with Gasteiger partial charge in [0.15, 0.2) is 0 Å². The zero-order valence-corrected chi connectivity index (χ0v) is 11.6. The second-order valence-electron chi connectivity index (χ2n) is 5.00. The number of nitrogens with one attached hydrogen (secondary N) is 1. The molecule has 3 N–H and O–H groups in total. The molecule has 0 saturated heterocycles. The monoisotopic (exact) mass is 272 g/mol. The molecule has 5 nitrogen and oxygen atoms in total. The van der Waals surface area contributed by atoms with Crippen LogP contribution >= 0.6 is 0 Å². The van der Waals surface area contributed by atoms with Gasteiger partial charge in [-0.2, -0.15) is 0 Å². The molecular weight excluding hydrogens is 252 g/mol. The average Bonchev–Trinajstić information content (AvgIpc) is 2.97. The maximum Gasteiger partial charge on any atom is 0.127 e. The van der Waals surface area contributed by atoms with Crippen molar-refractivity contribution in [3.05, 3.63) is 48.0 Å². The van der Waals surface area contributed by atoms with Gasteiger partial charge in [-0.1, -0.05) is 18.2 Å². The van der Waals surface area contributed by atoms with Crippen LogP contribution in [0.2, 0.25) is 0 Å². The minimum absolute atomic E-state index is 0.00463. The van der Waals surface area contributed by atoms with Crippen molar-refractivity contribution < 1.29 is 4.74 Å². The van der Waals surface area contributed by atoms with Crippen molar-refractivity contribution >= 4 is 0 Å². The third kappa shape index (κ3) is 2.19. The fourth-order valence-corrected chi connectivity index (χ4v) is 2.95. The third-order valence-electron chi connectivity index (χ3n) is 3.95. The first-order chi connectivity index (χ1) is 9.85. The van der Waals surface area contributed by atoms with Crippen molar-refractivity contribution in [2.45, 2.75) is 31.8 Å². The highest BCUT2D eigenvalue weighted by atomic mass is 16.5. The molecule has 0 aliphatic carbocycles. The Kier molecular flexibility index (Phi) is 3.71. The normalized spacial score (nSPS) is 19.2. The summed E-state index contributed by atoms with van der Waals surface area (Å²) in [6.45, 7) is 3.71. The lowest BCUT2D eigenvalue weighted by molar-refractivity contribution is 0.242. The SMILES string of the molecule is CCn1ccnc1C(NN)C1CCOc2ccccc21. The first-order valence-electron chi connectivity index (χ1n) is 7.04. The van der Waals surface area contributed by atoms with Crippen LogP contribution in [0.15, 0.2) is 36.7 Å². The van der Waals surface area contributed by atoms with Gasteiger partial charge in [0.1, 0.15) is 11.6 Å². The number of ether oxygens (including phenoxy) is 1. The molecule has 106 valence electrons. The van der Waals surface area contributed by atoms with Crippen LogP contribution in [0.5, 0.6) is 5.75 Å². The van der Waals surface area contributed by atoms with Crippen molar-refractivity contribution in [2.24, 2.45) is 5.84 Å². The van der Waals surface area contributed by atoms with Crippen molar-refractivity contribution in [3.63, 3.8) is 0 Å². The fourth-order valence-electron chi connectivity index (χ4n) is 2.95. The van der Waals surface area contributed by atoms with Crippen LogP contribution in [0.4, 0.5) is 0 Å².